The lowest BCUT2D eigenvalue weighted by Gasteiger charge is -2.09. The molecular weight excluding hydrogens is 266 g/mol. The largest absolute Gasteiger partial charge is 0.296 e. The molecule has 0 bridgehead atoms. The van der Waals surface area contributed by atoms with Gasteiger partial charge in [-0.15, -0.1) is 0 Å². The van der Waals surface area contributed by atoms with E-state index in [9.17, 15) is 16.8 Å². The van der Waals surface area contributed by atoms with Gasteiger partial charge in [-0.2, -0.15) is 8.42 Å². The first-order chi connectivity index (χ1) is 7.65. The molecule has 0 aromatic heterocycles. The third-order valence-electron chi connectivity index (χ3n) is 2.01. The SMILES string of the molecule is CNS(=O)(=O)c1cc(NS(N)(=O)=O)ccc1C. The predicted molar refractivity (Wildman–Crippen MR) is 64.2 cm³/mol. The first-order valence-corrected chi connectivity index (χ1v) is 7.53. The molecule has 17 heavy (non-hydrogen) atoms. The molecule has 0 aliphatic rings. The zero-order chi connectivity index (χ0) is 13.3. The summed E-state index contributed by atoms with van der Waals surface area (Å²) >= 11 is 0. The minimum atomic E-state index is -3.92. The highest BCUT2D eigenvalue weighted by atomic mass is 32.2. The van der Waals surface area contributed by atoms with Crippen molar-refractivity contribution in [1.29, 1.82) is 0 Å². The van der Waals surface area contributed by atoms with Crippen LogP contribution in [0.5, 0.6) is 0 Å². The minimum Gasteiger partial charge on any atom is -0.271 e. The van der Waals surface area contributed by atoms with E-state index in [-0.39, 0.29) is 10.6 Å². The Morgan fingerprint density at radius 3 is 2.24 bits per heavy atom. The van der Waals surface area contributed by atoms with Gasteiger partial charge in [0.2, 0.25) is 10.0 Å². The summed E-state index contributed by atoms with van der Waals surface area (Å²) in [5.74, 6) is 0. The Balaban J connectivity index is 3.30. The number of nitrogens with two attached hydrogens (primary N) is 1. The number of rotatable bonds is 4. The summed E-state index contributed by atoms with van der Waals surface area (Å²) in [6.45, 7) is 1.60. The molecular formula is C8H13N3O4S2. The Bertz CT molecular complexity index is 622. The molecule has 0 aliphatic heterocycles. The number of anilines is 1. The second-order valence-corrected chi connectivity index (χ2v) is 6.48. The fraction of sp³-hybridized carbons (Fsp3) is 0.250. The summed E-state index contributed by atoms with van der Waals surface area (Å²) in [5.41, 5.74) is 0.589. The number of sulfonamides is 1. The van der Waals surface area contributed by atoms with Crippen LogP contribution < -0.4 is 14.6 Å². The van der Waals surface area contributed by atoms with Gasteiger partial charge in [0.1, 0.15) is 0 Å². The van der Waals surface area contributed by atoms with E-state index in [1.165, 1.54) is 25.2 Å². The van der Waals surface area contributed by atoms with Gasteiger partial charge in [0.25, 0.3) is 10.2 Å². The highest BCUT2D eigenvalue weighted by Gasteiger charge is 2.15. The first kappa shape index (κ1) is 13.9. The molecule has 0 spiro atoms. The fourth-order valence-corrected chi connectivity index (χ4v) is 2.68. The summed E-state index contributed by atoms with van der Waals surface area (Å²) in [5, 5.41) is 4.79. The molecule has 0 aliphatic carbocycles. The lowest BCUT2D eigenvalue weighted by molar-refractivity contribution is 0.587. The maximum atomic E-state index is 11.6. The van der Waals surface area contributed by atoms with Crippen molar-refractivity contribution in [2.75, 3.05) is 11.8 Å². The monoisotopic (exact) mass is 279 g/mol. The molecule has 7 nitrogen and oxygen atoms in total. The van der Waals surface area contributed by atoms with Gasteiger partial charge in [0.05, 0.1) is 10.6 Å². The lowest BCUT2D eigenvalue weighted by Crippen LogP contribution is -2.23. The number of nitrogens with one attached hydrogen (secondary N) is 2. The van der Waals surface area contributed by atoms with Gasteiger partial charge < -0.3 is 0 Å². The summed E-state index contributed by atoms with van der Waals surface area (Å²) in [4.78, 5) is -0.00588. The van der Waals surface area contributed by atoms with Crippen molar-refractivity contribution in [3.8, 4) is 0 Å². The summed E-state index contributed by atoms with van der Waals surface area (Å²) in [6.07, 6.45) is 0. The fourth-order valence-electron chi connectivity index (χ4n) is 1.23. The van der Waals surface area contributed by atoms with E-state index in [0.29, 0.717) is 5.56 Å². The topological polar surface area (TPSA) is 118 Å². The molecule has 0 atom stereocenters. The summed E-state index contributed by atoms with van der Waals surface area (Å²) in [7, 11) is -6.28. The van der Waals surface area contributed by atoms with Crippen molar-refractivity contribution in [1.82, 2.24) is 4.72 Å². The van der Waals surface area contributed by atoms with E-state index in [1.807, 2.05) is 4.72 Å². The van der Waals surface area contributed by atoms with Crippen molar-refractivity contribution < 1.29 is 16.8 Å². The molecule has 1 rings (SSSR count). The van der Waals surface area contributed by atoms with Crippen LogP contribution in [-0.2, 0) is 20.2 Å². The third-order valence-corrected chi connectivity index (χ3v) is 4.08. The Labute approximate surface area is 100 Å². The first-order valence-electron chi connectivity index (χ1n) is 4.50. The van der Waals surface area contributed by atoms with Gasteiger partial charge in [-0.3, -0.25) is 4.72 Å². The quantitative estimate of drug-likeness (QED) is 0.689. The maximum Gasteiger partial charge on any atom is 0.296 e. The molecule has 1 aromatic carbocycles. The van der Waals surface area contributed by atoms with Crippen LogP contribution in [-0.4, -0.2) is 23.9 Å². The molecule has 9 heteroatoms. The van der Waals surface area contributed by atoms with Crippen molar-refractivity contribution in [3.05, 3.63) is 23.8 Å². The number of hydrogen-bond acceptors (Lipinski definition) is 4. The van der Waals surface area contributed by atoms with Crippen molar-refractivity contribution in [2.24, 2.45) is 5.14 Å². The van der Waals surface area contributed by atoms with Gasteiger partial charge in [-0.1, -0.05) is 6.07 Å². The lowest BCUT2D eigenvalue weighted by atomic mass is 10.2. The van der Waals surface area contributed by atoms with E-state index in [0.717, 1.165) is 0 Å². The third kappa shape index (κ3) is 3.66. The highest BCUT2D eigenvalue weighted by molar-refractivity contribution is 7.90. The van der Waals surface area contributed by atoms with Crippen LogP contribution in [0.15, 0.2) is 23.1 Å². The molecule has 0 saturated carbocycles. The molecule has 0 saturated heterocycles. The minimum absolute atomic E-state index is 0.00588. The van der Waals surface area contributed by atoms with Crippen LogP contribution in [0.2, 0.25) is 0 Å². The van der Waals surface area contributed by atoms with Gasteiger partial charge in [-0.25, -0.2) is 18.3 Å². The average Bonchev–Trinajstić information content (AvgIpc) is 2.18. The standard InChI is InChI=1S/C8H13N3O4S2/c1-6-3-4-7(11-17(9,14)15)5-8(6)16(12,13)10-2/h3-5,10-11H,1-2H3,(H2,9,14,15). The van der Waals surface area contributed by atoms with Crippen LogP contribution in [0.1, 0.15) is 5.56 Å². The van der Waals surface area contributed by atoms with E-state index in [2.05, 4.69) is 4.72 Å². The van der Waals surface area contributed by atoms with E-state index in [4.69, 9.17) is 5.14 Å². The second-order valence-electron chi connectivity index (χ2n) is 3.33. The second kappa shape index (κ2) is 4.61. The average molecular weight is 279 g/mol. The van der Waals surface area contributed by atoms with Crippen LogP contribution in [0.3, 0.4) is 0 Å². The van der Waals surface area contributed by atoms with E-state index in [1.54, 1.807) is 6.92 Å². The van der Waals surface area contributed by atoms with Crippen molar-refractivity contribution >= 4 is 25.9 Å². The molecule has 0 heterocycles. The van der Waals surface area contributed by atoms with Gasteiger partial charge in [-0.05, 0) is 31.7 Å². The van der Waals surface area contributed by atoms with Gasteiger partial charge in [0.15, 0.2) is 0 Å². The van der Waals surface area contributed by atoms with Gasteiger partial charge in [0, 0.05) is 0 Å². The van der Waals surface area contributed by atoms with E-state index >= 15 is 0 Å². The summed E-state index contributed by atoms with van der Waals surface area (Å²) in [6, 6.07) is 4.11. The van der Waals surface area contributed by atoms with Crippen LogP contribution >= 0.6 is 0 Å². The Kier molecular flexibility index (Phi) is 3.77. The molecule has 0 fully saturated rings. The van der Waals surface area contributed by atoms with Crippen LogP contribution in [0.25, 0.3) is 0 Å². The zero-order valence-corrected chi connectivity index (χ0v) is 10.9. The molecule has 0 amide bonds. The van der Waals surface area contributed by atoms with Gasteiger partial charge >= 0.3 is 0 Å². The highest BCUT2D eigenvalue weighted by Crippen LogP contribution is 2.20. The Morgan fingerprint density at radius 2 is 1.76 bits per heavy atom. The van der Waals surface area contributed by atoms with E-state index < -0.39 is 20.2 Å². The number of hydrogen-bond donors (Lipinski definition) is 3. The molecule has 0 radical (unpaired) electrons. The zero-order valence-electron chi connectivity index (χ0n) is 9.26. The van der Waals surface area contributed by atoms with Crippen molar-refractivity contribution in [3.63, 3.8) is 0 Å². The predicted octanol–water partition coefficient (Wildman–Crippen LogP) is -0.481. The van der Waals surface area contributed by atoms with Crippen molar-refractivity contribution in [2.45, 2.75) is 11.8 Å². The normalized spacial score (nSPS) is 12.4. The smallest absolute Gasteiger partial charge is 0.271 e. The molecule has 96 valence electrons. The summed E-state index contributed by atoms with van der Waals surface area (Å²) < 4.78 is 49.0. The number of aryl methyl sites for hydroxylation is 1. The van der Waals surface area contributed by atoms with Crippen LogP contribution in [0, 0.1) is 6.92 Å². The Morgan fingerprint density at radius 1 is 1.18 bits per heavy atom. The number of benzene rings is 1. The maximum absolute atomic E-state index is 11.6. The molecule has 4 N–H and O–H groups in total. The van der Waals surface area contributed by atoms with Crippen LogP contribution in [0.4, 0.5) is 5.69 Å². The molecule has 0 unspecified atom stereocenters. The molecule has 1 aromatic rings. The Hall–Kier alpha value is -1.16.